The third kappa shape index (κ3) is 3.38. The van der Waals surface area contributed by atoms with Crippen LogP contribution in [0.1, 0.15) is 20.4 Å². The molecule has 94 valence electrons. The van der Waals surface area contributed by atoms with Gasteiger partial charge in [-0.3, -0.25) is 9.59 Å². The van der Waals surface area contributed by atoms with E-state index in [1.807, 2.05) is 0 Å². The predicted molar refractivity (Wildman–Crippen MR) is 70.8 cm³/mol. The Hall–Kier alpha value is -1.24. The van der Waals surface area contributed by atoms with E-state index < -0.39 is 5.97 Å². The van der Waals surface area contributed by atoms with Crippen LogP contribution in [0.2, 0.25) is 4.34 Å². The van der Waals surface area contributed by atoms with E-state index in [0.717, 1.165) is 0 Å². The van der Waals surface area contributed by atoms with Gasteiger partial charge in [0, 0.05) is 5.38 Å². The van der Waals surface area contributed by atoms with Gasteiger partial charge in [-0.25, -0.2) is 4.98 Å². The third-order valence-corrected chi connectivity index (χ3v) is 4.26. The Bertz CT molecular complexity index is 591. The summed E-state index contributed by atoms with van der Waals surface area (Å²) in [5.41, 5.74) is 0.486. The Morgan fingerprint density at radius 2 is 2.11 bits per heavy atom. The van der Waals surface area contributed by atoms with Gasteiger partial charge in [0.15, 0.2) is 5.78 Å². The van der Waals surface area contributed by atoms with E-state index in [4.69, 9.17) is 16.7 Å². The lowest BCUT2D eigenvalue weighted by Crippen LogP contribution is -2.03. The Morgan fingerprint density at radius 1 is 1.33 bits per heavy atom. The number of hydrogen-bond acceptors (Lipinski definition) is 5. The summed E-state index contributed by atoms with van der Waals surface area (Å²) >= 11 is 8.29. The number of carboxylic acids is 1. The molecule has 0 aliphatic heterocycles. The van der Waals surface area contributed by atoms with E-state index in [-0.39, 0.29) is 18.6 Å². The highest BCUT2D eigenvalue weighted by Gasteiger charge is 2.13. The fourth-order valence-corrected chi connectivity index (χ4v) is 3.13. The highest BCUT2D eigenvalue weighted by Crippen LogP contribution is 2.23. The number of aliphatic carboxylic acids is 1. The highest BCUT2D eigenvalue weighted by atomic mass is 35.5. The Kier molecular flexibility index (Phi) is 4.11. The number of carbonyl (C=O) groups is 2. The first-order chi connectivity index (χ1) is 8.54. The van der Waals surface area contributed by atoms with Crippen LogP contribution in [-0.4, -0.2) is 21.8 Å². The second-order valence-electron chi connectivity index (χ2n) is 3.51. The van der Waals surface area contributed by atoms with E-state index >= 15 is 0 Å². The summed E-state index contributed by atoms with van der Waals surface area (Å²) in [7, 11) is 0. The number of ketones is 1. The number of rotatable bonds is 5. The Labute approximate surface area is 116 Å². The lowest BCUT2D eigenvalue weighted by Gasteiger charge is -1.93. The summed E-state index contributed by atoms with van der Waals surface area (Å²) in [4.78, 5) is 27.1. The van der Waals surface area contributed by atoms with Crippen molar-refractivity contribution in [3.63, 3.8) is 0 Å². The molecule has 2 rings (SSSR count). The molecule has 4 nitrogen and oxygen atoms in total. The molecule has 2 aromatic rings. The molecule has 0 fully saturated rings. The number of hydrogen-bond donors (Lipinski definition) is 1. The molecule has 0 saturated carbocycles. The third-order valence-electron chi connectivity index (χ3n) is 2.09. The van der Waals surface area contributed by atoms with Crippen LogP contribution in [0.3, 0.4) is 0 Å². The maximum absolute atomic E-state index is 11.9. The number of thiophene rings is 1. The normalized spacial score (nSPS) is 10.5. The van der Waals surface area contributed by atoms with E-state index in [1.54, 1.807) is 17.5 Å². The molecule has 2 heterocycles. The highest BCUT2D eigenvalue weighted by molar-refractivity contribution is 7.18. The number of carbonyl (C=O) groups excluding carboxylic acids is 1. The van der Waals surface area contributed by atoms with Crippen molar-refractivity contribution in [2.45, 2.75) is 12.8 Å². The van der Waals surface area contributed by atoms with Gasteiger partial charge in [-0.15, -0.1) is 22.7 Å². The van der Waals surface area contributed by atoms with Crippen molar-refractivity contribution in [2.75, 3.05) is 0 Å². The minimum atomic E-state index is -0.928. The van der Waals surface area contributed by atoms with Crippen molar-refractivity contribution in [2.24, 2.45) is 0 Å². The summed E-state index contributed by atoms with van der Waals surface area (Å²) in [6.07, 6.45) is 0.0661. The summed E-state index contributed by atoms with van der Waals surface area (Å²) in [6, 6.07) is 3.36. The fraction of sp³-hybridized carbons (Fsp3) is 0.182. The van der Waals surface area contributed by atoms with Crippen LogP contribution in [0.25, 0.3) is 0 Å². The molecule has 0 aliphatic rings. The van der Waals surface area contributed by atoms with Crippen LogP contribution in [0.15, 0.2) is 17.5 Å². The van der Waals surface area contributed by atoms with Gasteiger partial charge in [-0.2, -0.15) is 0 Å². The molecular weight excluding hydrogens is 294 g/mol. The van der Waals surface area contributed by atoms with Gasteiger partial charge in [0.25, 0.3) is 0 Å². The standard InChI is InChI=1S/C11H8ClNO3S2/c12-9-2-1-8(18-9)7(14)4-10-13-6(5-17-10)3-11(15)16/h1-2,5H,3-4H2,(H,15,16). The SMILES string of the molecule is O=C(O)Cc1csc(CC(=O)c2ccc(Cl)s2)n1. The lowest BCUT2D eigenvalue weighted by atomic mass is 10.2. The topological polar surface area (TPSA) is 67.3 Å². The quantitative estimate of drug-likeness (QED) is 0.862. The first-order valence-electron chi connectivity index (χ1n) is 4.98. The van der Waals surface area contributed by atoms with Crippen LogP contribution in [0.5, 0.6) is 0 Å². The van der Waals surface area contributed by atoms with Gasteiger partial charge in [0.2, 0.25) is 0 Å². The summed E-state index contributed by atoms with van der Waals surface area (Å²) in [6.45, 7) is 0. The van der Waals surface area contributed by atoms with E-state index in [0.29, 0.717) is 19.9 Å². The number of nitrogens with zero attached hydrogens (tertiary/aromatic N) is 1. The Balaban J connectivity index is 2.03. The zero-order valence-corrected chi connectivity index (χ0v) is 11.4. The molecule has 0 atom stereocenters. The van der Waals surface area contributed by atoms with Crippen molar-refractivity contribution in [3.05, 3.63) is 37.4 Å². The maximum Gasteiger partial charge on any atom is 0.309 e. The zero-order chi connectivity index (χ0) is 13.1. The molecule has 18 heavy (non-hydrogen) atoms. The van der Waals surface area contributed by atoms with Crippen LogP contribution >= 0.6 is 34.3 Å². The molecule has 0 aromatic carbocycles. The second-order valence-corrected chi connectivity index (χ2v) is 6.16. The van der Waals surface area contributed by atoms with Crippen molar-refractivity contribution in [1.82, 2.24) is 4.98 Å². The largest absolute Gasteiger partial charge is 0.481 e. The monoisotopic (exact) mass is 301 g/mol. The van der Waals surface area contributed by atoms with Gasteiger partial charge in [-0.1, -0.05) is 11.6 Å². The minimum absolute atomic E-state index is 0.0527. The second kappa shape index (κ2) is 5.60. The van der Waals surface area contributed by atoms with E-state index in [9.17, 15) is 9.59 Å². The number of aromatic nitrogens is 1. The predicted octanol–water partition coefficient (Wildman–Crippen LogP) is 2.91. The van der Waals surface area contributed by atoms with Crippen LogP contribution in [0, 0.1) is 0 Å². The first kappa shape index (κ1) is 13.2. The molecule has 7 heteroatoms. The zero-order valence-electron chi connectivity index (χ0n) is 9.05. The van der Waals surface area contributed by atoms with Gasteiger partial charge in [0.1, 0.15) is 5.01 Å². The van der Waals surface area contributed by atoms with Gasteiger partial charge in [0.05, 0.1) is 27.7 Å². The van der Waals surface area contributed by atoms with Gasteiger partial charge in [-0.05, 0) is 12.1 Å². The average Bonchev–Trinajstić information content (AvgIpc) is 2.87. The van der Waals surface area contributed by atoms with Crippen LogP contribution < -0.4 is 0 Å². The molecule has 0 spiro atoms. The molecule has 0 aliphatic carbocycles. The fourth-order valence-electron chi connectivity index (χ4n) is 1.35. The lowest BCUT2D eigenvalue weighted by molar-refractivity contribution is -0.136. The number of carboxylic acid groups (broad SMARTS) is 1. The van der Waals surface area contributed by atoms with Gasteiger partial charge >= 0.3 is 5.97 Å². The molecule has 0 bridgehead atoms. The molecule has 1 N–H and O–H groups in total. The molecule has 2 aromatic heterocycles. The van der Waals surface area contributed by atoms with E-state index in [2.05, 4.69) is 4.98 Å². The summed E-state index contributed by atoms with van der Waals surface area (Å²) in [5, 5.41) is 10.9. The smallest absolute Gasteiger partial charge is 0.309 e. The summed E-state index contributed by atoms with van der Waals surface area (Å²) in [5.74, 6) is -0.980. The molecule has 0 radical (unpaired) electrons. The van der Waals surface area contributed by atoms with Crippen molar-refractivity contribution in [3.8, 4) is 0 Å². The minimum Gasteiger partial charge on any atom is -0.481 e. The first-order valence-corrected chi connectivity index (χ1v) is 7.05. The summed E-state index contributed by atoms with van der Waals surface area (Å²) < 4.78 is 0.573. The number of Topliss-reactive ketones (excluding diaryl/α,β-unsaturated/α-hetero) is 1. The van der Waals surface area contributed by atoms with Crippen LogP contribution in [-0.2, 0) is 17.6 Å². The van der Waals surface area contributed by atoms with E-state index in [1.165, 1.54) is 22.7 Å². The van der Waals surface area contributed by atoms with Gasteiger partial charge < -0.3 is 5.11 Å². The maximum atomic E-state index is 11.9. The molecule has 0 amide bonds. The van der Waals surface area contributed by atoms with Crippen LogP contribution in [0.4, 0.5) is 0 Å². The van der Waals surface area contributed by atoms with Crippen molar-refractivity contribution < 1.29 is 14.7 Å². The molecule has 0 saturated heterocycles. The Morgan fingerprint density at radius 3 is 2.72 bits per heavy atom. The number of thiazole rings is 1. The van der Waals surface area contributed by atoms with Crippen molar-refractivity contribution in [1.29, 1.82) is 0 Å². The van der Waals surface area contributed by atoms with Crippen molar-refractivity contribution >= 4 is 46.0 Å². The molecular formula is C11H8ClNO3S2. The average molecular weight is 302 g/mol. The number of halogens is 1. The molecule has 0 unspecified atom stereocenters.